The minimum atomic E-state index is -0.250. The molecule has 112 valence electrons. The Labute approximate surface area is 120 Å². The molecule has 5 heteroatoms. The third kappa shape index (κ3) is 3.35. The van der Waals surface area contributed by atoms with Gasteiger partial charge < -0.3 is 20.5 Å². The highest BCUT2D eigenvalue weighted by Gasteiger charge is 2.25. The summed E-state index contributed by atoms with van der Waals surface area (Å²) in [6, 6.07) is 3.28. The summed E-state index contributed by atoms with van der Waals surface area (Å²) in [5.74, 6) is 0.756. The van der Waals surface area contributed by atoms with Gasteiger partial charge in [-0.3, -0.25) is 4.79 Å². The molecule has 5 nitrogen and oxygen atoms in total. The van der Waals surface area contributed by atoms with Crippen LogP contribution >= 0.6 is 0 Å². The van der Waals surface area contributed by atoms with Crippen molar-refractivity contribution in [3.8, 4) is 11.5 Å². The number of nitrogen functional groups attached to an aromatic ring is 1. The summed E-state index contributed by atoms with van der Waals surface area (Å²) in [6.07, 6.45) is 1.69. The second-order valence-electron chi connectivity index (χ2n) is 5.01. The number of amides is 1. The van der Waals surface area contributed by atoms with E-state index in [0.29, 0.717) is 22.7 Å². The molecule has 0 aliphatic heterocycles. The zero-order valence-electron chi connectivity index (χ0n) is 12.9. The largest absolute Gasteiger partial charge is 0.497 e. The van der Waals surface area contributed by atoms with Gasteiger partial charge in [0.25, 0.3) is 5.91 Å². The van der Waals surface area contributed by atoms with Crippen LogP contribution in [0, 0.1) is 0 Å². The molecule has 0 spiro atoms. The van der Waals surface area contributed by atoms with Gasteiger partial charge in [-0.1, -0.05) is 13.8 Å². The summed E-state index contributed by atoms with van der Waals surface area (Å²) in [6.45, 7) is 6.09. The second kappa shape index (κ2) is 6.50. The third-order valence-corrected chi connectivity index (χ3v) is 3.79. The van der Waals surface area contributed by atoms with Crippen molar-refractivity contribution in [2.45, 2.75) is 39.2 Å². The fraction of sp³-hybridized carbons (Fsp3) is 0.533. The Bertz CT molecular complexity index is 482. The molecule has 0 aromatic heterocycles. The van der Waals surface area contributed by atoms with Crippen LogP contribution in [0.4, 0.5) is 5.69 Å². The quantitative estimate of drug-likeness (QED) is 0.785. The van der Waals surface area contributed by atoms with Crippen molar-refractivity contribution < 1.29 is 14.3 Å². The highest BCUT2D eigenvalue weighted by Crippen LogP contribution is 2.31. The summed E-state index contributed by atoms with van der Waals surface area (Å²) >= 11 is 0. The van der Waals surface area contributed by atoms with E-state index in [2.05, 4.69) is 5.32 Å². The Balaban J connectivity index is 3.15. The maximum Gasteiger partial charge on any atom is 0.254 e. The normalized spacial score (nSPS) is 11.1. The van der Waals surface area contributed by atoms with E-state index in [9.17, 15) is 4.79 Å². The molecule has 0 aliphatic carbocycles. The van der Waals surface area contributed by atoms with Crippen LogP contribution in [0.5, 0.6) is 11.5 Å². The Hall–Kier alpha value is -1.91. The molecule has 0 fully saturated rings. The smallest absolute Gasteiger partial charge is 0.254 e. The lowest BCUT2D eigenvalue weighted by molar-refractivity contribution is 0.0901. The fourth-order valence-corrected chi connectivity index (χ4v) is 1.84. The Morgan fingerprint density at radius 2 is 1.85 bits per heavy atom. The lowest BCUT2D eigenvalue weighted by atomic mass is 9.95. The van der Waals surface area contributed by atoms with Crippen molar-refractivity contribution in [2.24, 2.45) is 0 Å². The minimum Gasteiger partial charge on any atom is -0.497 e. The minimum absolute atomic E-state index is 0.217. The molecule has 0 aliphatic rings. The zero-order valence-corrected chi connectivity index (χ0v) is 12.9. The van der Waals surface area contributed by atoms with E-state index < -0.39 is 0 Å². The summed E-state index contributed by atoms with van der Waals surface area (Å²) in [4.78, 5) is 12.4. The summed E-state index contributed by atoms with van der Waals surface area (Å²) in [5, 5.41) is 3.02. The topological polar surface area (TPSA) is 73.6 Å². The van der Waals surface area contributed by atoms with Crippen LogP contribution in [0.25, 0.3) is 0 Å². The molecule has 0 radical (unpaired) electrons. The predicted octanol–water partition coefficient (Wildman–Crippen LogP) is 2.59. The maximum absolute atomic E-state index is 12.4. The second-order valence-corrected chi connectivity index (χ2v) is 5.01. The van der Waals surface area contributed by atoms with Crippen LogP contribution in [0.15, 0.2) is 12.1 Å². The van der Waals surface area contributed by atoms with Crippen molar-refractivity contribution in [3.05, 3.63) is 17.7 Å². The van der Waals surface area contributed by atoms with Gasteiger partial charge in [-0.25, -0.2) is 0 Å². The number of ether oxygens (including phenoxy) is 2. The molecule has 20 heavy (non-hydrogen) atoms. The molecule has 0 heterocycles. The van der Waals surface area contributed by atoms with Gasteiger partial charge in [-0.05, 0) is 25.8 Å². The van der Waals surface area contributed by atoms with Crippen LogP contribution in [-0.2, 0) is 0 Å². The lowest BCUT2D eigenvalue weighted by Crippen LogP contribution is -2.45. The Morgan fingerprint density at radius 3 is 2.30 bits per heavy atom. The van der Waals surface area contributed by atoms with E-state index in [1.54, 1.807) is 12.1 Å². The van der Waals surface area contributed by atoms with Crippen molar-refractivity contribution >= 4 is 11.6 Å². The highest BCUT2D eigenvalue weighted by atomic mass is 16.5. The summed E-state index contributed by atoms with van der Waals surface area (Å²) in [5.41, 5.74) is 6.42. The number of carbonyl (C=O) groups excluding carboxylic acids is 1. The number of nitrogens with one attached hydrogen (secondary N) is 1. The average molecular weight is 280 g/mol. The van der Waals surface area contributed by atoms with Gasteiger partial charge in [0.1, 0.15) is 11.5 Å². The van der Waals surface area contributed by atoms with Crippen molar-refractivity contribution in [2.75, 3.05) is 20.0 Å². The number of nitrogens with two attached hydrogens (primary N) is 1. The third-order valence-electron chi connectivity index (χ3n) is 3.79. The molecule has 0 saturated carbocycles. The first kappa shape index (κ1) is 16.1. The Morgan fingerprint density at radius 1 is 1.25 bits per heavy atom. The monoisotopic (exact) mass is 280 g/mol. The van der Waals surface area contributed by atoms with E-state index >= 15 is 0 Å². The van der Waals surface area contributed by atoms with Crippen LogP contribution in [0.3, 0.4) is 0 Å². The van der Waals surface area contributed by atoms with Gasteiger partial charge in [0.15, 0.2) is 0 Å². The highest BCUT2D eigenvalue weighted by molar-refractivity contribution is 6.01. The molecule has 1 aromatic carbocycles. The molecular formula is C15H24N2O3. The van der Waals surface area contributed by atoms with Crippen LogP contribution in [-0.4, -0.2) is 25.7 Å². The number of anilines is 1. The molecule has 0 saturated heterocycles. The first-order chi connectivity index (χ1) is 9.40. The van der Waals surface area contributed by atoms with E-state index in [-0.39, 0.29) is 11.4 Å². The number of hydrogen-bond donors (Lipinski definition) is 2. The van der Waals surface area contributed by atoms with Gasteiger partial charge >= 0.3 is 0 Å². The average Bonchev–Trinajstić information content (AvgIpc) is 2.47. The molecule has 1 rings (SSSR count). The fourth-order valence-electron chi connectivity index (χ4n) is 1.84. The standard InChI is InChI=1S/C15H24N2O3/c1-6-15(3,7-2)17-14(18)11-8-10(19-4)9-12(20-5)13(11)16/h8-9H,6-7,16H2,1-5H3,(H,17,18). The van der Waals surface area contributed by atoms with Gasteiger partial charge in [-0.15, -0.1) is 0 Å². The predicted molar refractivity (Wildman–Crippen MR) is 80.4 cm³/mol. The molecule has 0 atom stereocenters. The number of methoxy groups -OCH3 is 2. The zero-order chi connectivity index (χ0) is 15.3. The van der Waals surface area contributed by atoms with Gasteiger partial charge in [-0.2, -0.15) is 0 Å². The van der Waals surface area contributed by atoms with Crippen LogP contribution < -0.4 is 20.5 Å². The SMILES string of the molecule is CCC(C)(CC)NC(=O)c1cc(OC)cc(OC)c1N. The van der Waals surface area contributed by atoms with Gasteiger partial charge in [0.2, 0.25) is 0 Å². The van der Waals surface area contributed by atoms with E-state index in [1.165, 1.54) is 14.2 Å². The van der Waals surface area contributed by atoms with Gasteiger partial charge in [0.05, 0.1) is 25.5 Å². The molecule has 3 N–H and O–H groups in total. The van der Waals surface area contributed by atoms with Crippen molar-refractivity contribution in [3.63, 3.8) is 0 Å². The maximum atomic E-state index is 12.4. The lowest BCUT2D eigenvalue weighted by Gasteiger charge is -2.28. The molecule has 0 bridgehead atoms. The molecule has 1 aromatic rings. The molecule has 0 unspecified atom stereocenters. The van der Waals surface area contributed by atoms with Gasteiger partial charge in [0, 0.05) is 11.6 Å². The number of rotatable bonds is 6. The first-order valence-electron chi connectivity index (χ1n) is 6.74. The van der Waals surface area contributed by atoms with E-state index in [1.807, 2.05) is 20.8 Å². The first-order valence-corrected chi connectivity index (χ1v) is 6.74. The molecule has 1 amide bonds. The summed E-state index contributed by atoms with van der Waals surface area (Å²) in [7, 11) is 3.05. The van der Waals surface area contributed by atoms with Crippen LogP contribution in [0.1, 0.15) is 44.0 Å². The van der Waals surface area contributed by atoms with Crippen LogP contribution in [0.2, 0.25) is 0 Å². The summed E-state index contributed by atoms with van der Waals surface area (Å²) < 4.78 is 10.3. The molecular weight excluding hydrogens is 256 g/mol. The number of benzene rings is 1. The number of hydrogen-bond acceptors (Lipinski definition) is 4. The van der Waals surface area contributed by atoms with Crippen molar-refractivity contribution in [1.82, 2.24) is 5.32 Å². The number of carbonyl (C=O) groups is 1. The van der Waals surface area contributed by atoms with E-state index in [4.69, 9.17) is 15.2 Å². The van der Waals surface area contributed by atoms with Crippen molar-refractivity contribution in [1.29, 1.82) is 0 Å². The van der Waals surface area contributed by atoms with E-state index in [0.717, 1.165) is 12.8 Å². The Kier molecular flexibility index (Phi) is 5.25.